The summed E-state index contributed by atoms with van der Waals surface area (Å²) in [5, 5.41) is 3.15. The van der Waals surface area contributed by atoms with Gasteiger partial charge in [-0.1, -0.05) is 17.7 Å². The van der Waals surface area contributed by atoms with Gasteiger partial charge < -0.3 is 5.32 Å². The number of nitrogens with two attached hydrogens (primary N) is 1. The summed E-state index contributed by atoms with van der Waals surface area (Å²) in [7, 11) is -3.44. The van der Waals surface area contributed by atoms with Crippen LogP contribution in [0.25, 0.3) is 0 Å². The van der Waals surface area contributed by atoms with Crippen LogP contribution >= 0.6 is 0 Å². The second-order valence-corrected chi connectivity index (χ2v) is 8.59. The molecule has 3 rings (SSSR count). The highest BCUT2D eigenvalue weighted by atomic mass is 32.2. The zero-order chi connectivity index (χ0) is 18.8. The smallest absolute Gasteiger partial charge is 0.268 e. The number of nitrogen functional groups attached to an aromatic ring is 1. The molecule has 9 heteroatoms. The molecule has 1 aliphatic carbocycles. The van der Waals surface area contributed by atoms with E-state index in [-0.39, 0.29) is 17.3 Å². The van der Waals surface area contributed by atoms with Crippen molar-refractivity contribution in [3.05, 3.63) is 47.8 Å². The molecule has 138 valence electrons. The van der Waals surface area contributed by atoms with Crippen LogP contribution < -0.4 is 16.6 Å². The molecule has 1 amide bonds. The molecule has 26 heavy (non-hydrogen) atoms. The number of anilines is 1. The van der Waals surface area contributed by atoms with Crippen LogP contribution in [0.4, 0.5) is 5.95 Å². The highest BCUT2D eigenvalue weighted by Gasteiger charge is 2.42. The van der Waals surface area contributed by atoms with Crippen LogP contribution in [0.3, 0.4) is 0 Å². The molecular weight excluding hydrogens is 354 g/mol. The van der Waals surface area contributed by atoms with Crippen molar-refractivity contribution < 1.29 is 13.2 Å². The summed E-state index contributed by atoms with van der Waals surface area (Å²) in [4.78, 5) is 19.9. The van der Waals surface area contributed by atoms with Gasteiger partial charge in [-0.15, -0.1) is 0 Å². The molecule has 1 aromatic carbocycles. The van der Waals surface area contributed by atoms with Gasteiger partial charge in [0.2, 0.25) is 5.95 Å². The highest BCUT2D eigenvalue weighted by molar-refractivity contribution is 7.91. The summed E-state index contributed by atoms with van der Waals surface area (Å²) in [6, 6.07) is 6.84. The summed E-state index contributed by atoms with van der Waals surface area (Å²) in [5.74, 6) is 4.84. The van der Waals surface area contributed by atoms with Gasteiger partial charge in [0.25, 0.3) is 5.91 Å². The fourth-order valence-electron chi connectivity index (χ4n) is 2.93. The average Bonchev–Trinajstić information content (AvgIpc) is 2.60. The van der Waals surface area contributed by atoms with Crippen LogP contribution in [-0.4, -0.2) is 35.6 Å². The molecule has 0 saturated heterocycles. The van der Waals surface area contributed by atoms with Crippen molar-refractivity contribution in [1.29, 1.82) is 0 Å². The molecule has 1 aliphatic rings. The Kier molecular flexibility index (Phi) is 4.92. The lowest BCUT2D eigenvalue weighted by atomic mass is 9.78. The molecule has 4 N–H and O–H groups in total. The molecule has 0 bridgehead atoms. The number of aryl methyl sites for hydroxylation is 1. The van der Waals surface area contributed by atoms with E-state index >= 15 is 0 Å². The van der Waals surface area contributed by atoms with Crippen LogP contribution in [0.1, 0.15) is 35.2 Å². The van der Waals surface area contributed by atoms with Gasteiger partial charge in [-0.05, 0) is 38.3 Å². The molecule has 0 aliphatic heterocycles. The second kappa shape index (κ2) is 7.00. The molecule has 0 unspecified atom stereocenters. The largest absolute Gasteiger partial charge is 0.348 e. The molecule has 1 saturated carbocycles. The Balaban J connectivity index is 1.77. The molecule has 1 fully saturated rings. The molecule has 0 spiro atoms. The first kappa shape index (κ1) is 18.3. The first-order valence-corrected chi connectivity index (χ1v) is 9.89. The molecule has 0 atom stereocenters. The monoisotopic (exact) mass is 375 g/mol. The van der Waals surface area contributed by atoms with E-state index in [1.165, 1.54) is 12.4 Å². The van der Waals surface area contributed by atoms with Crippen LogP contribution in [0, 0.1) is 6.92 Å². The minimum absolute atomic E-state index is 0.0303. The Hall–Kier alpha value is -2.52. The number of carbonyl (C=O) groups is 1. The molecule has 8 nitrogen and oxygen atoms in total. The van der Waals surface area contributed by atoms with Gasteiger partial charge in [-0.2, -0.15) is 0 Å². The van der Waals surface area contributed by atoms with Crippen LogP contribution in [0.2, 0.25) is 0 Å². The zero-order valence-corrected chi connectivity index (χ0v) is 15.2. The van der Waals surface area contributed by atoms with Crippen LogP contribution in [0.15, 0.2) is 41.6 Å². The number of hydrogen-bond acceptors (Lipinski definition) is 7. The lowest BCUT2D eigenvalue weighted by Crippen LogP contribution is -2.51. The lowest BCUT2D eigenvalue weighted by molar-refractivity contribution is 0.0953. The number of amides is 1. The van der Waals surface area contributed by atoms with Gasteiger partial charge in [0, 0.05) is 12.4 Å². The van der Waals surface area contributed by atoms with Gasteiger partial charge in [0.1, 0.15) is 0 Å². The number of hydrazine groups is 1. The Bertz CT molecular complexity index is 891. The van der Waals surface area contributed by atoms with Gasteiger partial charge in [0.15, 0.2) is 9.84 Å². The van der Waals surface area contributed by atoms with Crippen molar-refractivity contribution in [2.75, 3.05) is 11.1 Å². The number of sulfone groups is 1. The van der Waals surface area contributed by atoms with E-state index in [1.807, 2.05) is 12.3 Å². The number of nitrogens with one attached hydrogen (secondary N) is 2. The predicted molar refractivity (Wildman–Crippen MR) is 97.1 cm³/mol. The number of benzene rings is 1. The topological polar surface area (TPSA) is 127 Å². The van der Waals surface area contributed by atoms with E-state index in [4.69, 9.17) is 5.84 Å². The van der Waals surface area contributed by atoms with Gasteiger partial charge in [-0.3, -0.25) is 10.2 Å². The van der Waals surface area contributed by atoms with E-state index < -0.39 is 21.3 Å². The number of aromatic nitrogens is 2. The predicted octanol–water partition coefficient (Wildman–Crippen LogP) is 1.20. The second-order valence-electron chi connectivity index (χ2n) is 6.60. The number of rotatable bonds is 6. The quantitative estimate of drug-likeness (QED) is 0.393. The fourth-order valence-corrected chi connectivity index (χ4v) is 4.74. The average molecular weight is 375 g/mol. The molecule has 1 heterocycles. The van der Waals surface area contributed by atoms with E-state index in [0.717, 1.165) is 12.0 Å². The van der Waals surface area contributed by atoms with Crippen molar-refractivity contribution in [3.63, 3.8) is 0 Å². The van der Waals surface area contributed by atoms with Crippen molar-refractivity contribution >= 4 is 21.7 Å². The van der Waals surface area contributed by atoms with Gasteiger partial charge in [0.05, 0.1) is 21.8 Å². The van der Waals surface area contributed by atoms with Crippen molar-refractivity contribution in [2.24, 2.45) is 5.84 Å². The number of nitrogens with zero attached hydrogens (tertiary/aromatic N) is 2. The summed E-state index contributed by atoms with van der Waals surface area (Å²) in [6.07, 6.45) is 5.06. The molecule has 2 aromatic rings. The van der Waals surface area contributed by atoms with E-state index in [9.17, 15) is 13.2 Å². The van der Waals surface area contributed by atoms with Crippen LogP contribution in [-0.2, 0) is 9.84 Å². The third kappa shape index (κ3) is 3.83. The van der Waals surface area contributed by atoms with E-state index in [1.54, 1.807) is 24.3 Å². The van der Waals surface area contributed by atoms with Gasteiger partial charge >= 0.3 is 0 Å². The minimum atomic E-state index is -3.44. The maximum absolute atomic E-state index is 12.8. The lowest BCUT2D eigenvalue weighted by Gasteiger charge is -2.42. The summed E-state index contributed by atoms with van der Waals surface area (Å²) in [5.41, 5.74) is 2.65. The minimum Gasteiger partial charge on any atom is -0.348 e. The number of carbonyl (C=O) groups excluding carboxylic acids is 1. The first-order chi connectivity index (χ1) is 12.3. The zero-order valence-electron chi connectivity index (χ0n) is 14.4. The fraction of sp³-hybridized carbons (Fsp3) is 0.353. The first-order valence-electron chi connectivity index (χ1n) is 8.24. The van der Waals surface area contributed by atoms with Crippen molar-refractivity contribution in [1.82, 2.24) is 15.4 Å². The van der Waals surface area contributed by atoms with E-state index in [0.29, 0.717) is 17.7 Å². The third-order valence-corrected chi connectivity index (χ3v) is 6.50. The number of hydrogen-bond donors (Lipinski definition) is 3. The SMILES string of the molecule is Cc1ccc(S(=O)(=O)CC2(Nc3ncc(C(=O)NN)cn3)CCC2)cc1. The molecule has 0 radical (unpaired) electrons. The van der Waals surface area contributed by atoms with Crippen molar-refractivity contribution in [3.8, 4) is 0 Å². The van der Waals surface area contributed by atoms with Crippen LogP contribution in [0.5, 0.6) is 0 Å². The maximum Gasteiger partial charge on any atom is 0.268 e. The third-order valence-electron chi connectivity index (χ3n) is 4.58. The maximum atomic E-state index is 12.8. The highest BCUT2D eigenvalue weighted by Crippen LogP contribution is 2.37. The molecular formula is C17H21N5O3S. The Morgan fingerprint density at radius 1 is 1.19 bits per heavy atom. The van der Waals surface area contributed by atoms with E-state index in [2.05, 4.69) is 15.3 Å². The Morgan fingerprint density at radius 3 is 2.31 bits per heavy atom. The molecule has 1 aromatic heterocycles. The Morgan fingerprint density at radius 2 is 1.81 bits per heavy atom. The van der Waals surface area contributed by atoms with Gasteiger partial charge in [-0.25, -0.2) is 24.2 Å². The summed E-state index contributed by atoms with van der Waals surface area (Å²) < 4.78 is 25.6. The normalized spacial score (nSPS) is 15.8. The summed E-state index contributed by atoms with van der Waals surface area (Å²) in [6.45, 7) is 1.91. The summed E-state index contributed by atoms with van der Waals surface area (Å²) >= 11 is 0. The Labute approximate surface area is 152 Å². The van der Waals surface area contributed by atoms with Crippen molar-refractivity contribution in [2.45, 2.75) is 36.6 Å². The standard InChI is InChI=1S/C17H21N5O3S/c1-12-3-5-14(6-4-12)26(24,25)11-17(7-2-8-17)21-16-19-9-13(10-20-16)15(23)22-18/h3-6,9-10H,2,7-8,11,18H2,1H3,(H,22,23)(H,19,20,21).